The van der Waals surface area contributed by atoms with Gasteiger partial charge in [-0.3, -0.25) is 9.69 Å². The number of ether oxygens (including phenoxy) is 3. The van der Waals surface area contributed by atoms with Crippen LogP contribution in [-0.4, -0.2) is 54.6 Å². The van der Waals surface area contributed by atoms with Crippen LogP contribution >= 0.6 is 11.6 Å². The van der Waals surface area contributed by atoms with Gasteiger partial charge in [0.05, 0.1) is 13.7 Å². The topological polar surface area (TPSA) is 82.1 Å². The molecular weight excluding hydrogens is 338 g/mol. The minimum Gasteiger partial charge on any atom is -0.467 e. The van der Waals surface area contributed by atoms with E-state index < -0.39 is 30.2 Å². The first kappa shape index (κ1) is 18.1. The van der Waals surface area contributed by atoms with Gasteiger partial charge in [-0.1, -0.05) is 30.3 Å². The molecule has 1 aromatic rings. The van der Waals surface area contributed by atoms with Gasteiger partial charge in [-0.05, 0) is 5.56 Å². The molecule has 1 fully saturated rings. The van der Waals surface area contributed by atoms with E-state index in [1.807, 2.05) is 30.3 Å². The van der Waals surface area contributed by atoms with Crippen LogP contribution in [0.15, 0.2) is 30.3 Å². The van der Waals surface area contributed by atoms with Crippen LogP contribution < -0.4 is 0 Å². The van der Waals surface area contributed by atoms with Crippen molar-refractivity contribution in [3.05, 3.63) is 35.9 Å². The van der Waals surface area contributed by atoms with Crippen LogP contribution in [0.5, 0.6) is 0 Å². The van der Waals surface area contributed by atoms with E-state index in [1.165, 1.54) is 12.0 Å². The number of esters is 2. The molecule has 1 aromatic carbocycles. The molecule has 2 atom stereocenters. The molecule has 0 spiro atoms. The number of methoxy groups -OCH3 is 1. The van der Waals surface area contributed by atoms with Gasteiger partial charge in [0.15, 0.2) is 0 Å². The SMILES string of the molecule is COC(=O)[C@@H]1C[C@H](OC(=O)CCl)CN1C(=O)OCc1ccccc1. The number of hydrogen-bond acceptors (Lipinski definition) is 6. The molecule has 1 aliphatic heterocycles. The lowest BCUT2D eigenvalue weighted by Crippen LogP contribution is -2.41. The van der Waals surface area contributed by atoms with Gasteiger partial charge < -0.3 is 14.2 Å². The lowest BCUT2D eigenvalue weighted by atomic mass is 10.2. The fraction of sp³-hybridized carbons (Fsp3) is 0.438. The number of likely N-dealkylation sites (tertiary alicyclic amines) is 1. The van der Waals surface area contributed by atoms with Crippen LogP contribution in [0.4, 0.5) is 4.79 Å². The molecule has 130 valence electrons. The largest absolute Gasteiger partial charge is 0.467 e. The van der Waals surface area contributed by atoms with Crippen molar-refractivity contribution in [3.63, 3.8) is 0 Å². The van der Waals surface area contributed by atoms with Crippen LogP contribution in [0.1, 0.15) is 12.0 Å². The number of rotatable bonds is 5. The Labute approximate surface area is 144 Å². The van der Waals surface area contributed by atoms with Gasteiger partial charge in [0, 0.05) is 6.42 Å². The average molecular weight is 356 g/mol. The number of carbonyl (C=O) groups is 3. The minimum atomic E-state index is -0.855. The van der Waals surface area contributed by atoms with Crippen molar-refractivity contribution in [2.45, 2.75) is 25.2 Å². The normalized spacial score (nSPS) is 19.7. The van der Waals surface area contributed by atoms with E-state index >= 15 is 0 Å². The summed E-state index contributed by atoms with van der Waals surface area (Å²) in [6.45, 7) is 0.131. The first-order valence-corrected chi connectivity index (χ1v) is 7.89. The van der Waals surface area contributed by atoms with Gasteiger partial charge in [-0.15, -0.1) is 11.6 Å². The molecule has 1 amide bonds. The fourth-order valence-corrected chi connectivity index (χ4v) is 2.53. The second-order valence-electron chi connectivity index (χ2n) is 5.21. The maximum Gasteiger partial charge on any atom is 0.410 e. The fourth-order valence-electron chi connectivity index (χ4n) is 2.46. The summed E-state index contributed by atoms with van der Waals surface area (Å²) in [5, 5.41) is 0. The van der Waals surface area contributed by atoms with Gasteiger partial charge in [0.1, 0.15) is 24.6 Å². The highest BCUT2D eigenvalue weighted by Gasteiger charge is 2.42. The monoisotopic (exact) mass is 355 g/mol. The number of halogens is 1. The molecule has 8 heteroatoms. The number of nitrogens with zero attached hydrogens (tertiary/aromatic N) is 1. The van der Waals surface area contributed by atoms with E-state index in [0.29, 0.717) is 0 Å². The van der Waals surface area contributed by atoms with E-state index in [-0.39, 0.29) is 25.5 Å². The number of carbonyl (C=O) groups excluding carboxylic acids is 3. The zero-order valence-electron chi connectivity index (χ0n) is 13.1. The maximum atomic E-state index is 12.3. The average Bonchev–Trinajstić information content (AvgIpc) is 3.03. The van der Waals surface area contributed by atoms with Crippen LogP contribution in [-0.2, 0) is 30.4 Å². The number of alkyl halides is 1. The zero-order valence-corrected chi connectivity index (χ0v) is 13.9. The molecule has 2 rings (SSSR count). The summed E-state index contributed by atoms with van der Waals surface area (Å²) in [5.41, 5.74) is 0.824. The summed E-state index contributed by atoms with van der Waals surface area (Å²) >= 11 is 5.40. The molecule has 0 saturated carbocycles. The highest BCUT2D eigenvalue weighted by molar-refractivity contribution is 6.26. The van der Waals surface area contributed by atoms with Crippen LogP contribution in [0, 0.1) is 0 Å². The van der Waals surface area contributed by atoms with Crippen molar-refractivity contribution in [2.75, 3.05) is 19.5 Å². The standard InChI is InChI=1S/C16H18ClNO6/c1-22-15(20)13-7-12(24-14(19)8-17)9-18(13)16(21)23-10-11-5-3-2-4-6-11/h2-6,12-13H,7-10H2,1H3/t12-,13-/m0/s1. The number of amides is 1. The van der Waals surface area contributed by atoms with E-state index in [9.17, 15) is 14.4 Å². The Morgan fingerprint density at radius 3 is 2.58 bits per heavy atom. The van der Waals surface area contributed by atoms with Gasteiger partial charge >= 0.3 is 18.0 Å². The highest BCUT2D eigenvalue weighted by Crippen LogP contribution is 2.23. The van der Waals surface area contributed by atoms with Crippen molar-refractivity contribution < 1.29 is 28.6 Å². The smallest absolute Gasteiger partial charge is 0.410 e. The van der Waals surface area contributed by atoms with Crippen molar-refractivity contribution in [1.29, 1.82) is 0 Å². The Balaban J connectivity index is 1.99. The summed E-state index contributed by atoms with van der Waals surface area (Å²) in [6.07, 6.45) is -1.14. The second kappa shape index (κ2) is 8.54. The minimum absolute atomic E-state index is 0.0516. The summed E-state index contributed by atoms with van der Waals surface area (Å²) in [4.78, 5) is 36.7. The lowest BCUT2D eigenvalue weighted by Gasteiger charge is -2.21. The van der Waals surface area contributed by atoms with Gasteiger partial charge in [-0.2, -0.15) is 0 Å². The van der Waals surface area contributed by atoms with Crippen LogP contribution in [0.3, 0.4) is 0 Å². The van der Waals surface area contributed by atoms with E-state index in [4.69, 9.17) is 25.8 Å². The van der Waals surface area contributed by atoms with E-state index in [1.54, 1.807) is 0 Å². The molecule has 0 N–H and O–H groups in total. The van der Waals surface area contributed by atoms with Crippen LogP contribution in [0.25, 0.3) is 0 Å². The van der Waals surface area contributed by atoms with Crippen molar-refractivity contribution in [2.24, 2.45) is 0 Å². The van der Waals surface area contributed by atoms with Crippen molar-refractivity contribution >= 4 is 29.6 Å². The first-order chi connectivity index (χ1) is 11.5. The van der Waals surface area contributed by atoms with Crippen molar-refractivity contribution in [3.8, 4) is 0 Å². The quantitative estimate of drug-likeness (QED) is 0.454. The van der Waals surface area contributed by atoms with E-state index in [0.717, 1.165) is 5.56 Å². The van der Waals surface area contributed by atoms with E-state index in [2.05, 4.69) is 0 Å². The second-order valence-corrected chi connectivity index (χ2v) is 5.48. The Hall–Kier alpha value is -2.28. The third-order valence-electron chi connectivity index (χ3n) is 3.58. The summed E-state index contributed by atoms with van der Waals surface area (Å²) in [6, 6.07) is 8.30. The summed E-state index contributed by atoms with van der Waals surface area (Å²) in [7, 11) is 1.23. The molecule has 7 nitrogen and oxygen atoms in total. The molecule has 1 aliphatic rings. The molecule has 1 heterocycles. The Bertz CT molecular complexity index is 593. The predicted molar refractivity (Wildman–Crippen MR) is 84.4 cm³/mol. The first-order valence-electron chi connectivity index (χ1n) is 7.35. The molecular formula is C16H18ClNO6. The predicted octanol–water partition coefficient (Wildman–Crippen LogP) is 1.72. The lowest BCUT2D eigenvalue weighted by molar-refractivity contribution is -0.147. The molecule has 1 saturated heterocycles. The molecule has 0 aliphatic carbocycles. The molecule has 0 unspecified atom stereocenters. The summed E-state index contributed by atoms with van der Waals surface area (Å²) < 4.78 is 15.0. The highest BCUT2D eigenvalue weighted by atomic mass is 35.5. The zero-order chi connectivity index (χ0) is 17.5. The van der Waals surface area contributed by atoms with Gasteiger partial charge in [0.25, 0.3) is 0 Å². The molecule has 0 bridgehead atoms. The van der Waals surface area contributed by atoms with Crippen LogP contribution in [0.2, 0.25) is 0 Å². The Morgan fingerprint density at radius 2 is 1.96 bits per heavy atom. The molecule has 0 aromatic heterocycles. The number of benzene rings is 1. The van der Waals surface area contributed by atoms with Gasteiger partial charge in [-0.25, -0.2) is 9.59 Å². The Morgan fingerprint density at radius 1 is 1.25 bits per heavy atom. The molecule has 24 heavy (non-hydrogen) atoms. The maximum absolute atomic E-state index is 12.3. The third kappa shape index (κ3) is 4.61. The summed E-state index contributed by atoms with van der Waals surface area (Å²) in [5.74, 6) is -1.49. The number of hydrogen-bond donors (Lipinski definition) is 0. The molecule has 0 radical (unpaired) electrons. The third-order valence-corrected chi connectivity index (χ3v) is 3.80. The van der Waals surface area contributed by atoms with Gasteiger partial charge in [0.2, 0.25) is 0 Å². The van der Waals surface area contributed by atoms with Crippen molar-refractivity contribution in [1.82, 2.24) is 4.90 Å². The Kier molecular flexibility index (Phi) is 6.43.